The lowest BCUT2D eigenvalue weighted by atomic mass is 9.84. The summed E-state index contributed by atoms with van der Waals surface area (Å²) in [5.74, 6) is -1.72. The van der Waals surface area contributed by atoms with Crippen molar-refractivity contribution in [3.63, 3.8) is 0 Å². The molecule has 2 spiro atoms. The van der Waals surface area contributed by atoms with E-state index in [1.807, 2.05) is 0 Å². The Kier molecular flexibility index (Phi) is 6.66. The van der Waals surface area contributed by atoms with Crippen molar-refractivity contribution in [3.05, 3.63) is 71.8 Å². The Bertz CT molecular complexity index is 856. The highest BCUT2D eigenvalue weighted by atomic mass is 16.8. The van der Waals surface area contributed by atoms with E-state index in [9.17, 15) is 0 Å². The molecule has 0 bridgehead atoms. The standard InChI is InChI=1S/C28H36O4/c1-2-3-16-24-21-29-27(19-10-17-25(31-27)22-12-6-4-7-13-22)28(30-24)20-11-18-26(32-28)23-14-8-5-9-15-23/h4-9,12-15,24-26H,2-3,10-11,16-21H2,1H3/t24-,25+,26+,27-,28-/m1/s1. The Hall–Kier alpha value is -1.72. The van der Waals surface area contributed by atoms with E-state index in [-0.39, 0.29) is 18.3 Å². The number of fused-ring (bicyclic) bond motifs is 1. The minimum absolute atomic E-state index is 0.00156. The van der Waals surface area contributed by atoms with E-state index in [0.717, 1.165) is 57.8 Å². The first-order valence-corrected chi connectivity index (χ1v) is 12.5. The molecule has 3 aliphatic heterocycles. The van der Waals surface area contributed by atoms with Gasteiger partial charge in [0.15, 0.2) is 0 Å². The van der Waals surface area contributed by atoms with Crippen LogP contribution in [-0.2, 0) is 18.9 Å². The summed E-state index contributed by atoms with van der Waals surface area (Å²) >= 11 is 0. The van der Waals surface area contributed by atoms with Crippen LogP contribution in [0.4, 0.5) is 0 Å². The van der Waals surface area contributed by atoms with Crippen LogP contribution in [0, 0.1) is 0 Å². The highest BCUT2D eigenvalue weighted by Gasteiger charge is 2.63. The third-order valence-corrected chi connectivity index (χ3v) is 7.27. The average Bonchev–Trinajstić information content (AvgIpc) is 2.86. The van der Waals surface area contributed by atoms with Gasteiger partial charge in [-0.1, -0.05) is 80.4 Å². The monoisotopic (exact) mass is 436 g/mol. The first-order valence-electron chi connectivity index (χ1n) is 12.5. The lowest BCUT2D eigenvalue weighted by Crippen LogP contribution is -2.68. The van der Waals surface area contributed by atoms with Crippen LogP contribution in [0.5, 0.6) is 0 Å². The molecule has 0 amide bonds. The van der Waals surface area contributed by atoms with E-state index < -0.39 is 11.6 Å². The molecule has 0 unspecified atom stereocenters. The third kappa shape index (κ3) is 4.26. The number of rotatable bonds is 5. The van der Waals surface area contributed by atoms with E-state index in [4.69, 9.17) is 18.9 Å². The summed E-state index contributed by atoms with van der Waals surface area (Å²) in [5, 5.41) is 0. The molecule has 2 aromatic rings. The zero-order valence-corrected chi connectivity index (χ0v) is 19.2. The molecule has 3 fully saturated rings. The Morgan fingerprint density at radius 1 is 0.750 bits per heavy atom. The Balaban J connectivity index is 1.46. The van der Waals surface area contributed by atoms with Gasteiger partial charge in [-0.25, -0.2) is 0 Å². The largest absolute Gasteiger partial charge is 0.343 e. The van der Waals surface area contributed by atoms with Gasteiger partial charge in [0, 0.05) is 12.8 Å². The fourth-order valence-electron chi connectivity index (χ4n) is 5.60. The van der Waals surface area contributed by atoms with Crippen LogP contribution in [-0.4, -0.2) is 24.3 Å². The summed E-state index contributed by atoms with van der Waals surface area (Å²) in [4.78, 5) is 0. The van der Waals surface area contributed by atoms with Gasteiger partial charge < -0.3 is 18.9 Å². The van der Waals surface area contributed by atoms with E-state index in [0.29, 0.717) is 6.61 Å². The molecular weight excluding hydrogens is 400 g/mol. The maximum Gasteiger partial charge on any atom is 0.224 e. The van der Waals surface area contributed by atoms with Gasteiger partial charge in [0.1, 0.15) is 0 Å². The molecule has 3 heterocycles. The van der Waals surface area contributed by atoms with Crippen LogP contribution in [0.25, 0.3) is 0 Å². The molecule has 0 N–H and O–H groups in total. The van der Waals surface area contributed by atoms with Crippen molar-refractivity contribution in [2.45, 2.75) is 94.6 Å². The predicted octanol–water partition coefficient (Wildman–Crippen LogP) is 6.87. The summed E-state index contributed by atoms with van der Waals surface area (Å²) < 4.78 is 27.3. The molecule has 5 atom stereocenters. The molecule has 0 saturated carbocycles. The van der Waals surface area contributed by atoms with Crippen molar-refractivity contribution in [2.75, 3.05) is 6.61 Å². The molecule has 32 heavy (non-hydrogen) atoms. The number of benzene rings is 2. The number of hydrogen-bond donors (Lipinski definition) is 0. The molecule has 5 rings (SSSR count). The van der Waals surface area contributed by atoms with Crippen LogP contribution in [0.3, 0.4) is 0 Å². The number of hydrogen-bond acceptors (Lipinski definition) is 4. The van der Waals surface area contributed by atoms with E-state index in [1.165, 1.54) is 11.1 Å². The summed E-state index contributed by atoms with van der Waals surface area (Å²) in [6.45, 7) is 2.79. The zero-order chi connectivity index (χ0) is 21.9. The Morgan fingerprint density at radius 2 is 1.31 bits per heavy atom. The van der Waals surface area contributed by atoms with Crippen LogP contribution < -0.4 is 0 Å². The van der Waals surface area contributed by atoms with Crippen LogP contribution >= 0.6 is 0 Å². The van der Waals surface area contributed by atoms with Gasteiger partial charge in [-0.3, -0.25) is 0 Å². The van der Waals surface area contributed by atoms with Gasteiger partial charge in [0.05, 0.1) is 24.9 Å². The Labute approximate surface area is 192 Å². The Morgan fingerprint density at radius 3 is 1.91 bits per heavy atom. The maximum atomic E-state index is 6.92. The zero-order valence-electron chi connectivity index (χ0n) is 19.2. The van der Waals surface area contributed by atoms with Crippen molar-refractivity contribution >= 4 is 0 Å². The van der Waals surface area contributed by atoms with Crippen molar-refractivity contribution < 1.29 is 18.9 Å². The molecule has 4 nitrogen and oxygen atoms in total. The first-order chi connectivity index (χ1) is 15.7. The van der Waals surface area contributed by atoms with Gasteiger partial charge in [-0.05, 0) is 43.2 Å². The second-order valence-corrected chi connectivity index (χ2v) is 9.52. The molecular formula is C28H36O4. The summed E-state index contributed by atoms with van der Waals surface area (Å²) in [5.41, 5.74) is 2.41. The predicted molar refractivity (Wildman–Crippen MR) is 124 cm³/mol. The molecule has 0 aliphatic carbocycles. The smallest absolute Gasteiger partial charge is 0.224 e. The van der Waals surface area contributed by atoms with E-state index >= 15 is 0 Å². The number of ether oxygens (including phenoxy) is 4. The first kappa shape index (κ1) is 22.1. The lowest BCUT2D eigenvalue weighted by molar-refractivity contribution is -0.483. The molecule has 0 aromatic heterocycles. The fourth-order valence-corrected chi connectivity index (χ4v) is 5.60. The second kappa shape index (κ2) is 9.64. The topological polar surface area (TPSA) is 36.9 Å². The number of unbranched alkanes of at least 4 members (excludes halogenated alkanes) is 1. The highest BCUT2D eigenvalue weighted by molar-refractivity contribution is 5.20. The van der Waals surface area contributed by atoms with Gasteiger partial charge >= 0.3 is 0 Å². The summed E-state index contributed by atoms with van der Waals surface area (Å²) in [7, 11) is 0. The van der Waals surface area contributed by atoms with Crippen LogP contribution in [0.1, 0.15) is 88.0 Å². The lowest BCUT2D eigenvalue weighted by Gasteiger charge is -2.58. The van der Waals surface area contributed by atoms with E-state index in [2.05, 4.69) is 67.6 Å². The average molecular weight is 437 g/mol. The van der Waals surface area contributed by atoms with Gasteiger partial charge in [0.2, 0.25) is 11.6 Å². The normalized spacial score (nSPS) is 35.2. The van der Waals surface area contributed by atoms with Gasteiger partial charge in [-0.2, -0.15) is 0 Å². The van der Waals surface area contributed by atoms with Gasteiger partial charge in [0.25, 0.3) is 0 Å². The van der Waals surface area contributed by atoms with Crippen molar-refractivity contribution in [2.24, 2.45) is 0 Å². The van der Waals surface area contributed by atoms with Crippen LogP contribution in [0.15, 0.2) is 60.7 Å². The minimum atomic E-state index is -0.865. The molecule has 2 aromatic carbocycles. The fraction of sp³-hybridized carbons (Fsp3) is 0.571. The SMILES string of the molecule is CCCC[C@@H]1CO[C@@]2(CCC[C@@H](c3ccccc3)O2)[C@]2(CCC[C@@H](c3ccccc3)O2)O1. The molecule has 4 heteroatoms. The van der Waals surface area contributed by atoms with Crippen molar-refractivity contribution in [1.29, 1.82) is 0 Å². The third-order valence-electron chi connectivity index (χ3n) is 7.27. The summed E-state index contributed by atoms with van der Waals surface area (Å²) in [6.07, 6.45) is 8.98. The molecule has 172 valence electrons. The van der Waals surface area contributed by atoms with Crippen LogP contribution in [0.2, 0.25) is 0 Å². The quantitative estimate of drug-likeness (QED) is 0.513. The van der Waals surface area contributed by atoms with Crippen molar-refractivity contribution in [3.8, 4) is 0 Å². The molecule has 3 aliphatic rings. The maximum absolute atomic E-state index is 6.92. The molecule has 0 radical (unpaired) electrons. The minimum Gasteiger partial charge on any atom is -0.343 e. The second-order valence-electron chi connectivity index (χ2n) is 9.52. The van der Waals surface area contributed by atoms with Gasteiger partial charge in [-0.15, -0.1) is 0 Å². The molecule has 3 saturated heterocycles. The highest BCUT2D eigenvalue weighted by Crippen LogP contribution is 2.54. The van der Waals surface area contributed by atoms with Crippen molar-refractivity contribution in [1.82, 2.24) is 0 Å². The van der Waals surface area contributed by atoms with E-state index in [1.54, 1.807) is 0 Å². The summed E-state index contributed by atoms with van der Waals surface area (Å²) in [6, 6.07) is 21.1.